The van der Waals surface area contributed by atoms with Crippen molar-refractivity contribution in [3.63, 3.8) is 0 Å². The number of benzene rings is 2. The Balaban J connectivity index is 1.94. The molecule has 0 radical (unpaired) electrons. The van der Waals surface area contributed by atoms with Crippen LogP contribution in [0.5, 0.6) is 0 Å². The summed E-state index contributed by atoms with van der Waals surface area (Å²) < 4.78 is 0.953. The van der Waals surface area contributed by atoms with E-state index < -0.39 is 6.04 Å². The number of nitrogens with two attached hydrogens (primary N) is 1. The van der Waals surface area contributed by atoms with E-state index in [4.69, 9.17) is 5.73 Å². The third kappa shape index (κ3) is 2.49. The van der Waals surface area contributed by atoms with Gasteiger partial charge in [-0.05, 0) is 47.1 Å². The second-order valence-corrected chi connectivity index (χ2v) is 6.72. The summed E-state index contributed by atoms with van der Waals surface area (Å²) in [5.41, 5.74) is 8.72. The fourth-order valence-electron chi connectivity index (χ4n) is 2.10. The van der Waals surface area contributed by atoms with E-state index in [1.807, 2.05) is 12.1 Å². The highest BCUT2D eigenvalue weighted by Crippen LogP contribution is 2.40. The van der Waals surface area contributed by atoms with Gasteiger partial charge in [-0.15, -0.1) is 0 Å². The summed E-state index contributed by atoms with van der Waals surface area (Å²) in [4.78, 5) is 13.8. The number of aryl methyl sites for hydroxylation is 1. The summed E-state index contributed by atoms with van der Waals surface area (Å²) in [5.74, 6) is -0.149. The van der Waals surface area contributed by atoms with Gasteiger partial charge in [0.2, 0.25) is 5.91 Å². The van der Waals surface area contributed by atoms with Gasteiger partial charge in [0.05, 0.1) is 0 Å². The van der Waals surface area contributed by atoms with E-state index in [0.29, 0.717) is 0 Å². The van der Waals surface area contributed by atoms with E-state index in [1.54, 1.807) is 11.8 Å². The molecule has 0 fully saturated rings. The van der Waals surface area contributed by atoms with Crippen molar-refractivity contribution in [2.24, 2.45) is 5.73 Å². The van der Waals surface area contributed by atoms with Crippen molar-refractivity contribution in [3.8, 4) is 0 Å². The van der Waals surface area contributed by atoms with Crippen molar-refractivity contribution < 1.29 is 4.79 Å². The van der Waals surface area contributed by atoms with E-state index in [2.05, 4.69) is 52.4 Å². The Kier molecular flexibility index (Phi) is 3.58. The lowest BCUT2D eigenvalue weighted by atomic mass is 10.1. The Labute approximate surface area is 130 Å². The minimum Gasteiger partial charge on any atom is -0.324 e. The van der Waals surface area contributed by atoms with Gasteiger partial charge in [-0.3, -0.25) is 4.79 Å². The zero-order valence-corrected chi connectivity index (χ0v) is 13.2. The third-order valence-electron chi connectivity index (χ3n) is 3.23. The summed E-state index contributed by atoms with van der Waals surface area (Å²) in [6.07, 6.45) is 0. The number of hydrogen-bond donors (Lipinski definition) is 2. The summed E-state index contributed by atoms with van der Waals surface area (Å²) >= 11 is 5.21. The van der Waals surface area contributed by atoms with Gasteiger partial charge < -0.3 is 11.1 Å². The van der Waals surface area contributed by atoms with Crippen molar-refractivity contribution in [1.29, 1.82) is 0 Å². The molecule has 0 spiro atoms. The minimum atomic E-state index is -0.570. The van der Waals surface area contributed by atoms with Crippen molar-refractivity contribution in [2.45, 2.75) is 22.8 Å². The molecule has 3 rings (SSSR count). The Bertz CT molecular complexity index is 685. The first kappa shape index (κ1) is 13.7. The molecule has 2 aromatic carbocycles. The second-order valence-electron chi connectivity index (χ2n) is 4.75. The molecular formula is C15H13BrN2OS. The van der Waals surface area contributed by atoms with E-state index in [1.165, 1.54) is 5.56 Å². The smallest absolute Gasteiger partial charge is 0.245 e. The van der Waals surface area contributed by atoms with Gasteiger partial charge in [0, 0.05) is 25.5 Å². The van der Waals surface area contributed by atoms with Crippen molar-refractivity contribution in [2.75, 3.05) is 5.32 Å². The number of nitrogens with one attached hydrogen (secondary N) is 1. The molecule has 5 heteroatoms. The average Bonchev–Trinajstić information content (AvgIpc) is 2.69. The van der Waals surface area contributed by atoms with Crippen LogP contribution in [0.4, 0.5) is 5.69 Å². The topological polar surface area (TPSA) is 55.1 Å². The zero-order chi connectivity index (χ0) is 14.3. The molecule has 3 nitrogen and oxygen atoms in total. The van der Waals surface area contributed by atoms with E-state index in [-0.39, 0.29) is 5.91 Å². The molecule has 0 aromatic heterocycles. The number of hydrogen-bond acceptors (Lipinski definition) is 3. The first-order valence-electron chi connectivity index (χ1n) is 6.19. The Morgan fingerprint density at radius 2 is 1.95 bits per heavy atom. The molecule has 0 saturated carbocycles. The predicted molar refractivity (Wildman–Crippen MR) is 85.0 cm³/mol. The molecule has 1 atom stereocenters. The highest BCUT2D eigenvalue weighted by molar-refractivity contribution is 9.10. The minimum absolute atomic E-state index is 0.149. The van der Waals surface area contributed by atoms with Crippen LogP contribution in [0.25, 0.3) is 0 Å². The number of fused-ring (bicyclic) bond motifs is 1. The zero-order valence-electron chi connectivity index (χ0n) is 10.8. The fraction of sp³-hybridized carbons (Fsp3) is 0.133. The van der Waals surface area contributed by atoms with Crippen LogP contribution in [0.1, 0.15) is 17.2 Å². The Morgan fingerprint density at radius 1 is 1.25 bits per heavy atom. The molecule has 102 valence electrons. The SMILES string of the molecule is Cc1ccc(Sc2cc3c(cc2Br)C(N)C(=O)N3)cc1. The molecule has 3 N–H and O–H groups in total. The van der Waals surface area contributed by atoms with Crippen LogP contribution in [0.2, 0.25) is 0 Å². The lowest BCUT2D eigenvalue weighted by Crippen LogP contribution is -2.19. The van der Waals surface area contributed by atoms with Gasteiger partial charge in [-0.1, -0.05) is 29.5 Å². The maximum absolute atomic E-state index is 11.6. The molecule has 0 saturated heterocycles. The van der Waals surface area contributed by atoms with Crippen LogP contribution >= 0.6 is 27.7 Å². The second kappa shape index (κ2) is 5.24. The van der Waals surface area contributed by atoms with Crippen LogP contribution in [0.3, 0.4) is 0 Å². The third-order valence-corrected chi connectivity index (χ3v) is 5.21. The Hall–Kier alpha value is -1.30. The first-order chi connectivity index (χ1) is 9.54. The van der Waals surface area contributed by atoms with Crippen molar-refractivity contribution >= 4 is 39.3 Å². The molecule has 0 bridgehead atoms. The predicted octanol–water partition coefficient (Wildman–Crippen LogP) is 3.86. The van der Waals surface area contributed by atoms with Gasteiger partial charge in [0.25, 0.3) is 0 Å². The molecule has 0 aliphatic carbocycles. The molecule has 1 heterocycles. The normalized spacial score (nSPS) is 16.9. The lowest BCUT2D eigenvalue weighted by molar-refractivity contribution is -0.116. The number of carbonyl (C=O) groups is 1. The highest BCUT2D eigenvalue weighted by Gasteiger charge is 2.28. The van der Waals surface area contributed by atoms with Crippen LogP contribution in [0, 0.1) is 6.92 Å². The Morgan fingerprint density at radius 3 is 2.65 bits per heavy atom. The molecule has 1 unspecified atom stereocenters. The van der Waals surface area contributed by atoms with Crippen molar-refractivity contribution in [3.05, 3.63) is 52.0 Å². The maximum Gasteiger partial charge on any atom is 0.245 e. The van der Waals surface area contributed by atoms with Gasteiger partial charge >= 0.3 is 0 Å². The van der Waals surface area contributed by atoms with Crippen LogP contribution < -0.4 is 11.1 Å². The standard InChI is InChI=1S/C15H13BrN2OS/c1-8-2-4-9(5-3-8)20-13-7-12-10(6-11(13)16)14(17)15(19)18-12/h2-7,14H,17H2,1H3,(H,18,19). The van der Waals surface area contributed by atoms with Crippen LogP contribution in [0.15, 0.2) is 50.7 Å². The number of halogens is 1. The summed E-state index contributed by atoms with van der Waals surface area (Å²) in [5, 5.41) is 2.81. The van der Waals surface area contributed by atoms with Gasteiger partial charge in [0.1, 0.15) is 6.04 Å². The quantitative estimate of drug-likeness (QED) is 0.866. The lowest BCUT2D eigenvalue weighted by Gasteiger charge is -2.08. The first-order valence-corrected chi connectivity index (χ1v) is 7.80. The number of anilines is 1. The molecular weight excluding hydrogens is 336 g/mol. The van der Waals surface area contributed by atoms with Gasteiger partial charge in [-0.25, -0.2) is 0 Å². The monoisotopic (exact) mass is 348 g/mol. The van der Waals surface area contributed by atoms with E-state index in [9.17, 15) is 4.79 Å². The van der Waals surface area contributed by atoms with Gasteiger partial charge in [0.15, 0.2) is 0 Å². The van der Waals surface area contributed by atoms with E-state index in [0.717, 1.165) is 25.5 Å². The van der Waals surface area contributed by atoms with Gasteiger partial charge in [-0.2, -0.15) is 0 Å². The molecule has 2 aromatic rings. The summed E-state index contributed by atoms with van der Waals surface area (Å²) in [6, 6.07) is 11.7. The molecule has 20 heavy (non-hydrogen) atoms. The van der Waals surface area contributed by atoms with Crippen LogP contribution in [-0.4, -0.2) is 5.91 Å². The highest BCUT2D eigenvalue weighted by atomic mass is 79.9. The summed E-state index contributed by atoms with van der Waals surface area (Å²) in [7, 11) is 0. The average molecular weight is 349 g/mol. The number of carbonyl (C=O) groups excluding carboxylic acids is 1. The molecule has 1 aliphatic rings. The fourth-order valence-corrected chi connectivity index (χ4v) is 3.56. The van der Waals surface area contributed by atoms with E-state index >= 15 is 0 Å². The maximum atomic E-state index is 11.6. The number of amides is 1. The summed E-state index contributed by atoms with van der Waals surface area (Å²) in [6.45, 7) is 2.07. The molecule has 1 amide bonds. The largest absolute Gasteiger partial charge is 0.324 e. The van der Waals surface area contributed by atoms with Crippen LogP contribution in [-0.2, 0) is 4.79 Å². The number of rotatable bonds is 2. The molecule has 1 aliphatic heterocycles. The van der Waals surface area contributed by atoms with Crippen molar-refractivity contribution in [1.82, 2.24) is 0 Å².